The van der Waals surface area contributed by atoms with E-state index in [1.165, 1.54) is 0 Å². The van der Waals surface area contributed by atoms with Crippen LogP contribution in [0.15, 0.2) is 48.5 Å². The molecule has 0 aliphatic heterocycles. The highest BCUT2D eigenvalue weighted by Gasteiger charge is 2.11. The first-order valence-corrected chi connectivity index (χ1v) is 9.05. The van der Waals surface area contributed by atoms with Crippen LogP contribution in [0.3, 0.4) is 0 Å². The van der Waals surface area contributed by atoms with Crippen LogP contribution >= 0.6 is 11.6 Å². The number of nitrogens with one attached hydrogen (secondary N) is 2. The first kappa shape index (κ1) is 19.9. The Morgan fingerprint density at radius 2 is 1.77 bits per heavy atom. The Hall–Kier alpha value is -2.37. The summed E-state index contributed by atoms with van der Waals surface area (Å²) in [7, 11) is 0. The summed E-state index contributed by atoms with van der Waals surface area (Å²) in [4.78, 5) is 26.5. The number of nitrogens with zero attached hydrogens (tertiary/aromatic N) is 1. The number of halogens is 1. The molecule has 0 bridgehead atoms. The minimum Gasteiger partial charge on any atom is -0.343 e. The van der Waals surface area contributed by atoms with E-state index in [-0.39, 0.29) is 18.4 Å². The molecule has 0 saturated carbocycles. The van der Waals surface area contributed by atoms with Gasteiger partial charge in [-0.05, 0) is 42.9 Å². The van der Waals surface area contributed by atoms with Crippen molar-refractivity contribution >= 4 is 29.1 Å². The second kappa shape index (κ2) is 9.94. The second-order valence-corrected chi connectivity index (χ2v) is 6.28. The molecule has 2 N–H and O–H groups in total. The molecule has 138 valence electrons. The van der Waals surface area contributed by atoms with E-state index < -0.39 is 0 Å². The van der Waals surface area contributed by atoms with Gasteiger partial charge in [-0.3, -0.25) is 14.5 Å². The van der Waals surface area contributed by atoms with E-state index in [1.54, 1.807) is 24.3 Å². The summed E-state index contributed by atoms with van der Waals surface area (Å²) in [6.07, 6.45) is 0. The number of benzene rings is 2. The Kier molecular flexibility index (Phi) is 7.63. The Labute approximate surface area is 159 Å². The van der Waals surface area contributed by atoms with Gasteiger partial charge in [0.25, 0.3) is 5.91 Å². The zero-order valence-electron chi connectivity index (χ0n) is 15.1. The van der Waals surface area contributed by atoms with Crippen molar-refractivity contribution in [1.29, 1.82) is 0 Å². The van der Waals surface area contributed by atoms with Gasteiger partial charge < -0.3 is 10.6 Å². The van der Waals surface area contributed by atoms with Crippen LogP contribution in [-0.4, -0.2) is 36.3 Å². The first-order valence-electron chi connectivity index (χ1n) is 8.67. The molecule has 2 aromatic carbocycles. The van der Waals surface area contributed by atoms with Gasteiger partial charge in [0, 0.05) is 12.2 Å². The van der Waals surface area contributed by atoms with Crippen LogP contribution in [0.25, 0.3) is 0 Å². The van der Waals surface area contributed by atoms with Gasteiger partial charge in [0.05, 0.1) is 17.1 Å². The van der Waals surface area contributed by atoms with Crippen molar-refractivity contribution in [3.63, 3.8) is 0 Å². The molecule has 2 rings (SSSR count). The number of rotatable bonds is 8. The normalized spacial score (nSPS) is 10.6. The van der Waals surface area contributed by atoms with Gasteiger partial charge in [-0.15, -0.1) is 0 Å². The van der Waals surface area contributed by atoms with Gasteiger partial charge in [0.1, 0.15) is 0 Å². The van der Waals surface area contributed by atoms with E-state index in [1.807, 2.05) is 24.3 Å². The molecule has 5 nitrogen and oxygen atoms in total. The Morgan fingerprint density at radius 3 is 2.46 bits per heavy atom. The predicted molar refractivity (Wildman–Crippen MR) is 105 cm³/mol. The van der Waals surface area contributed by atoms with Crippen molar-refractivity contribution in [3.8, 4) is 0 Å². The number of amides is 2. The lowest BCUT2D eigenvalue weighted by Gasteiger charge is -2.18. The third-order valence-electron chi connectivity index (χ3n) is 4.04. The average molecular weight is 374 g/mol. The smallest absolute Gasteiger partial charge is 0.253 e. The van der Waals surface area contributed by atoms with E-state index in [9.17, 15) is 9.59 Å². The van der Waals surface area contributed by atoms with E-state index in [0.717, 1.165) is 25.2 Å². The van der Waals surface area contributed by atoms with Crippen molar-refractivity contribution in [2.75, 3.05) is 25.0 Å². The standard InChI is InChI=1S/C20H24ClN3O2/c1-3-24(4-2)14-15-8-7-9-16(12-15)23-19(25)13-22-20(26)17-10-5-6-11-18(17)21/h5-12H,3-4,13-14H2,1-2H3,(H,22,26)(H,23,25). The highest BCUT2D eigenvalue weighted by molar-refractivity contribution is 6.33. The summed E-state index contributed by atoms with van der Waals surface area (Å²) in [5, 5.41) is 5.75. The summed E-state index contributed by atoms with van der Waals surface area (Å²) in [5.41, 5.74) is 2.20. The van der Waals surface area contributed by atoms with Crippen molar-refractivity contribution in [2.45, 2.75) is 20.4 Å². The molecule has 0 fully saturated rings. The highest BCUT2D eigenvalue weighted by Crippen LogP contribution is 2.15. The van der Waals surface area contributed by atoms with Crippen molar-refractivity contribution in [3.05, 3.63) is 64.7 Å². The minimum absolute atomic E-state index is 0.121. The van der Waals surface area contributed by atoms with Crippen LogP contribution in [-0.2, 0) is 11.3 Å². The van der Waals surface area contributed by atoms with Crippen LogP contribution in [0.4, 0.5) is 5.69 Å². The molecule has 0 spiro atoms. The Bertz CT molecular complexity index is 760. The lowest BCUT2D eigenvalue weighted by molar-refractivity contribution is -0.115. The van der Waals surface area contributed by atoms with E-state index in [0.29, 0.717) is 16.3 Å². The molecule has 26 heavy (non-hydrogen) atoms. The second-order valence-electron chi connectivity index (χ2n) is 5.87. The molecule has 2 aromatic rings. The van der Waals surface area contributed by atoms with Crippen LogP contribution in [0.5, 0.6) is 0 Å². The van der Waals surface area contributed by atoms with Crippen molar-refractivity contribution in [2.24, 2.45) is 0 Å². The topological polar surface area (TPSA) is 61.4 Å². The van der Waals surface area contributed by atoms with Gasteiger partial charge in [0.2, 0.25) is 5.91 Å². The third-order valence-corrected chi connectivity index (χ3v) is 4.37. The fourth-order valence-electron chi connectivity index (χ4n) is 2.56. The predicted octanol–water partition coefficient (Wildman–Crippen LogP) is 3.55. The molecular weight excluding hydrogens is 350 g/mol. The maximum atomic E-state index is 12.1. The molecule has 2 amide bonds. The minimum atomic E-state index is -0.374. The Morgan fingerprint density at radius 1 is 1.04 bits per heavy atom. The molecule has 0 radical (unpaired) electrons. The molecule has 6 heteroatoms. The molecule has 0 aliphatic rings. The highest BCUT2D eigenvalue weighted by atomic mass is 35.5. The largest absolute Gasteiger partial charge is 0.343 e. The lowest BCUT2D eigenvalue weighted by Crippen LogP contribution is -2.33. The van der Waals surface area contributed by atoms with Gasteiger partial charge in [-0.1, -0.05) is 49.7 Å². The van der Waals surface area contributed by atoms with Gasteiger partial charge in [-0.25, -0.2) is 0 Å². The van der Waals surface area contributed by atoms with Crippen LogP contribution in [0, 0.1) is 0 Å². The van der Waals surface area contributed by atoms with E-state index in [4.69, 9.17) is 11.6 Å². The number of anilines is 1. The number of carbonyl (C=O) groups excluding carboxylic acids is 2. The summed E-state index contributed by atoms with van der Waals surface area (Å²) in [6, 6.07) is 14.5. The Balaban J connectivity index is 1.90. The van der Waals surface area contributed by atoms with Crippen molar-refractivity contribution < 1.29 is 9.59 Å². The fraction of sp³-hybridized carbons (Fsp3) is 0.300. The third kappa shape index (κ3) is 5.86. The quantitative estimate of drug-likeness (QED) is 0.743. The number of carbonyl (C=O) groups is 2. The molecule has 0 aliphatic carbocycles. The average Bonchev–Trinajstić information content (AvgIpc) is 2.65. The fourth-order valence-corrected chi connectivity index (χ4v) is 2.78. The molecule has 0 heterocycles. The number of hydrogen-bond acceptors (Lipinski definition) is 3. The molecule has 0 atom stereocenters. The maximum Gasteiger partial charge on any atom is 0.253 e. The van der Waals surface area contributed by atoms with Crippen LogP contribution in [0.2, 0.25) is 5.02 Å². The van der Waals surface area contributed by atoms with E-state index in [2.05, 4.69) is 29.4 Å². The maximum absolute atomic E-state index is 12.1. The van der Waals surface area contributed by atoms with E-state index >= 15 is 0 Å². The molecule has 0 saturated heterocycles. The summed E-state index contributed by atoms with van der Waals surface area (Å²) >= 11 is 5.98. The SMILES string of the molecule is CCN(CC)Cc1cccc(NC(=O)CNC(=O)c2ccccc2Cl)c1. The molecular formula is C20H24ClN3O2. The monoisotopic (exact) mass is 373 g/mol. The molecule has 0 aromatic heterocycles. The van der Waals surface area contributed by atoms with Crippen LogP contribution in [0.1, 0.15) is 29.8 Å². The van der Waals surface area contributed by atoms with Gasteiger partial charge in [-0.2, -0.15) is 0 Å². The zero-order chi connectivity index (χ0) is 18.9. The van der Waals surface area contributed by atoms with Gasteiger partial charge in [0.15, 0.2) is 0 Å². The molecule has 0 unspecified atom stereocenters. The van der Waals surface area contributed by atoms with Gasteiger partial charge >= 0.3 is 0 Å². The van der Waals surface area contributed by atoms with Crippen LogP contribution < -0.4 is 10.6 Å². The summed E-state index contributed by atoms with van der Waals surface area (Å²) in [6.45, 7) is 6.90. The summed E-state index contributed by atoms with van der Waals surface area (Å²) in [5.74, 6) is -0.661. The number of hydrogen-bond donors (Lipinski definition) is 2. The summed E-state index contributed by atoms with van der Waals surface area (Å²) < 4.78 is 0. The first-order chi connectivity index (χ1) is 12.5. The zero-order valence-corrected chi connectivity index (χ0v) is 15.8. The van der Waals surface area contributed by atoms with Crippen molar-refractivity contribution in [1.82, 2.24) is 10.2 Å². The lowest BCUT2D eigenvalue weighted by atomic mass is 10.2.